The van der Waals surface area contributed by atoms with Crippen LogP contribution < -0.4 is 0 Å². The molecular formula is C15H12O. The SMILES string of the molecule is c1ccc(Cc2ccc3occc3c2)cc1. The van der Waals surface area contributed by atoms with Crippen LogP contribution in [0.2, 0.25) is 0 Å². The van der Waals surface area contributed by atoms with Gasteiger partial charge < -0.3 is 4.42 Å². The fraction of sp³-hybridized carbons (Fsp3) is 0.0667. The molecule has 0 saturated heterocycles. The molecule has 2 aromatic carbocycles. The molecule has 1 heterocycles. The predicted molar refractivity (Wildman–Crippen MR) is 65.5 cm³/mol. The Morgan fingerprint density at radius 2 is 1.69 bits per heavy atom. The molecule has 3 aromatic rings. The van der Waals surface area contributed by atoms with E-state index in [9.17, 15) is 0 Å². The lowest BCUT2D eigenvalue weighted by Crippen LogP contribution is -1.86. The minimum atomic E-state index is 0.955. The van der Waals surface area contributed by atoms with Gasteiger partial charge in [0.15, 0.2) is 0 Å². The van der Waals surface area contributed by atoms with Gasteiger partial charge in [-0.25, -0.2) is 0 Å². The van der Waals surface area contributed by atoms with Crippen LogP contribution >= 0.6 is 0 Å². The number of hydrogen-bond acceptors (Lipinski definition) is 1. The molecule has 0 aliphatic heterocycles. The fourth-order valence-corrected chi connectivity index (χ4v) is 1.96. The molecule has 0 aliphatic rings. The third-order valence-electron chi connectivity index (χ3n) is 2.77. The van der Waals surface area contributed by atoms with Crippen LogP contribution in [0.1, 0.15) is 11.1 Å². The van der Waals surface area contributed by atoms with Crippen LogP contribution in [0, 0.1) is 0 Å². The van der Waals surface area contributed by atoms with E-state index < -0.39 is 0 Å². The molecule has 1 heteroatoms. The Hall–Kier alpha value is -2.02. The summed E-state index contributed by atoms with van der Waals surface area (Å²) < 4.78 is 5.32. The van der Waals surface area contributed by atoms with Gasteiger partial charge in [0.2, 0.25) is 0 Å². The number of rotatable bonds is 2. The van der Waals surface area contributed by atoms with Crippen molar-refractivity contribution in [3.8, 4) is 0 Å². The average Bonchev–Trinajstić information content (AvgIpc) is 2.77. The number of hydrogen-bond donors (Lipinski definition) is 0. The first kappa shape index (κ1) is 9.22. The van der Waals surface area contributed by atoms with Crippen molar-refractivity contribution in [2.45, 2.75) is 6.42 Å². The summed E-state index contributed by atoms with van der Waals surface area (Å²) in [6.45, 7) is 0. The van der Waals surface area contributed by atoms with Crippen molar-refractivity contribution in [1.82, 2.24) is 0 Å². The van der Waals surface area contributed by atoms with Crippen LogP contribution in [0.15, 0.2) is 65.3 Å². The zero-order valence-electron chi connectivity index (χ0n) is 8.89. The molecule has 3 rings (SSSR count). The van der Waals surface area contributed by atoms with Crippen molar-refractivity contribution in [1.29, 1.82) is 0 Å². The minimum absolute atomic E-state index is 0.955. The highest BCUT2D eigenvalue weighted by molar-refractivity contribution is 5.77. The maximum atomic E-state index is 5.32. The molecule has 0 bridgehead atoms. The van der Waals surface area contributed by atoms with E-state index in [0.717, 1.165) is 12.0 Å². The van der Waals surface area contributed by atoms with Crippen LogP contribution in [0.4, 0.5) is 0 Å². The van der Waals surface area contributed by atoms with E-state index in [1.165, 1.54) is 16.5 Å². The summed E-state index contributed by atoms with van der Waals surface area (Å²) in [4.78, 5) is 0. The molecule has 1 aromatic heterocycles. The monoisotopic (exact) mass is 208 g/mol. The first-order valence-electron chi connectivity index (χ1n) is 5.42. The van der Waals surface area contributed by atoms with Gasteiger partial charge in [-0.3, -0.25) is 0 Å². The van der Waals surface area contributed by atoms with Gasteiger partial charge in [0, 0.05) is 5.39 Å². The fourth-order valence-electron chi connectivity index (χ4n) is 1.96. The lowest BCUT2D eigenvalue weighted by molar-refractivity contribution is 0.616. The molecule has 0 N–H and O–H groups in total. The molecule has 16 heavy (non-hydrogen) atoms. The van der Waals surface area contributed by atoms with Crippen LogP contribution in [-0.2, 0) is 6.42 Å². The third kappa shape index (κ3) is 1.72. The number of benzene rings is 2. The molecular weight excluding hydrogens is 196 g/mol. The standard InChI is InChI=1S/C15H12O/c1-2-4-12(5-3-1)10-13-6-7-15-14(11-13)8-9-16-15/h1-9,11H,10H2. The Bertz CT molecular complexity index is 593. The van der Waals surface area contributed by atoms with Gasteiger partial charge >= 0.3 is 0 Å². The van der Waals surface area contributed by atoms with Gasteiger partial charge in [0.25, 0.3) is 0 Å². The summed E-state index contributed by atoms with van der Waals surface area (Å²) in [6.07, 6.45) is 2.71. The van der Waals surface area contributed by atoms with Gasteiger partial charge in [-0.1, -0.05) is 36.4 Å². The molecule has 0 fully saturated rings. The van der Waals surface area contributed by atoms with E-state index in [0.29, 0.717) is 0 Å². The third-order valence-corrected chi connectivity index (χ3v) is 2.77. The summed E-state index contributed by atoms with van der Waals surface area (Å²) in [6, 6.07) is 18.8. The van der Waals surface area contributed by atoms with E-state index in [1.54, 1.807) is 6.26 Å². The van der Waals surface area contributed by atoms with Crippen molar-refractivity contribution < 1.29 is 4.42 Å². The van der Waals surface area contributed by atoms with Gasteiger partial charge in [-0.05, 0) is 35.7 Å². The van der Waals surface area contributed by atoms with Gasteiger partial charge in [0.05, 0.1) is 6.26 Å². The Morgan fingerprint density at radius 1 is 0.812 bits per heavy atom. The minimum Gasteiger partial charge on any atom is -0.464 e. The van der Waals surface area contributed by atoms with Gasteiger partial charge in [-0.15, -0.1) is 0 Å². The molecule has 0 aliphatic carbocycles. The van der Waals surface area contributed by atoms with Gasteiger partial charge in [-0.2, -0.15) is 0 Å². The molecule has 0 spiro atoms. The number of furan rings is 1. The van der Waals surface area contributed by atoms with Crippen LogP contribution in [0.5, 0.6) is 0 Å². The predicted octanol–water partition coefficient (Wildman–Crippen LogP) is 4.02. The quantitative estimate of drug-likeness (QED) is 0.619. The highest BCUT2D eigenvalue weighted by Gasteiger charge is 1.99. The molecule has 0 radical (unpaired) electrons. The molecule has 0 unspecified atom stereocenters. The van der Waals surface area contributed by atoms with E-state index in [1.807, 2.05) is 18.2 Å². The second-order valence-corrected chi connectivity index (χ2v) is 3.96. The maximum Gasteiger partial charge on any atom is 0.133 e. The van der Waals surface area contributed by atoms with E-state index in [-0.39, 0.29) is 0 Å². The van der Waals surface area contributed by atoms with Crippen molar-refractivity contribution in [3.63, 3.8) is 0 Å². The summed E-state index contributed by atoms with van der Waals surface area (Å²) in [5.41, 5.74) is 3.61. The Balaban J connectivity index is 1.94. The second kappa shape index (κ2) is 3.86. The summed E-state index contributed by atoms with van der Waals surface area (Å²) in [5, 5.41) is 1.17. The highest BCUT2D eigenvalue weighted by Crippen LogP contribution is 2.18. The summed E-state index contributed by atoms with van der Waals surface area (Å²) in [7, 11) is 0. The molecule has 0 atom stereocenters. The lowest BCUT2D eigenvalue weighted by atomic mass is 10.0. The van der Waals surface area contributed by atoms with Crippen molar-refractivity contribution in [2.24, 2.45) is 0 Å². The second-order valence-electron chi connectivity index (χ2n) is 3.96. The Morgan fingerprint density at radius 3 is 2.56 bits per heavy atom. The van der Waals surface area contributed by atoms with Crippen LogP contribution in [0.25, 0.3) is 11.0 Å². The van der Waals surface area contributed by atoms with Gasteiger partial charge in [0.1, 0.15) is 5.58 Å². The lowest BCUT2D eigenvalue weighted by Gasteiger charge is -2.01. The summed E-state index contributed by atoms with van der Waals surface area (Å²) >= 11 is 0. The normalized spacial score (nSPS) is 10.8. The summed E-state index contributed by atoms with van der Waals surface area (Å²) in [5.74, 6) is 0. The van der Waals surface area contributed by atoms with E-state index in [2.05, 4.69) is 36.4 Å². The first-order chi connectivity index (χ1) is 7.92. The zero-order chi connectivity index (χ0) is 10.8. The van der Waals surface area contributed by atoms with Crippen LogP contribution in [0.3, 0.4) is 0 Å². The topological polar surface area (TPSA) is 13.1 Å². The highest BCUT2D eigenvalue weighted by atomic mass is 16.3. The average molecular weight is 208 g/mol. The van der Waals surface area contributed by atoms with Crippen molar-refractivity contribution in [3.05, 3.63) is 72.0 Å². The molecule has 0 saturated carbocycles. The van der Waals surface area contributed by atoms with Crippen molar-refractivity contribution >= 4 is 11.0 Å². The molecule has 78 valence electrons. The van der Waals surface area contributed by atoms with E-state index in [4.69, 9.17) is 4.42 Å². The van der Waals surface area contributed by atoms with Crippen LogP contribution in [-0.4, -0.2) is 0 Å². The maximum absolute atomic E-state index is 5.32. The smallest absolute Gasteiger partial charge is 0.133 e. The molecule has 1 nitrogen and oxygen atoms in total. The number of fused-ring (bicyclic) bond motifs is 1. The largest absolute Gasteiger partial charge is 0.464 e. The van der Waals surface area contributed by atoms with E-state index >= 15 is 0 Å². The Kier molecular flexibility index (Phi) is 2.22. The van der Waals surface area contributed by atoms with Crippen molar-refractivity contribution in [2.75, 3.05) is 0 Å². The Labute approximate surface area is 94.3 Å². The zero-order valence-corrected chi connectivity index (χ0v) is 8.89. The first-order valence-corrected chi connectivity index (χ1v) is 5.42. The molecule has 0 amide bonds.